The minimum atomic E-state index is -0.900. The van der Waals surface area contributed by atoms with E-state index < -0.39 is 11.6 Å². The molecule has 9 heteroatoms. The molecule has 2 aliphatic carbocycles. The molecular weight excluding hydrogens is 428 g/mol. The zero-order valence-electron chi connectivity index (χ0n) is 19.0. The van der Waals surface area contributed by atoms with E-state index >= 15 is 0 Å². The standard InChI is InChI=1S/C23H30N4O4S/c1-23(2,3)31-22(30)25-14-6-8-15(9-7-14)27-12-17(20(28)29)16-10-5-13-11-24-21(32-4)26-18(13)19(16)27/h11-12,14-15H,5-10H2,1-4H3,(H,25,30)(H,28,29). The van der Waals surface area contributed by atoms with Crippen molar-refractivity contribution in [1.29, 1.82) is 0 Å². The van der Waals surface area contributed by atoms with Gasteiger partial charge in [-0.2, -0.15) is 0 Å². The summed E-state index contributed by atoms with van der Waals surface area (Å²) in [5.41, 5.74) is 3.54. The lowest BCUT2D eigenvalue weighted by Crippen LogP contribution is -2.41. The maximum atomic E-state index is 12.1. The van der Waals surface area contributed by atoms with Gasteiger partial charge < -0.3 is 19.7 Å². The minimum Gasteiger partial charge on any atom is -0.478 e. The highest BCUT2D eigenvalue weighted by molar-refractivity contribution is 7.98. The van der Waals surface area contributed by atoms with Crippen molar-refractivity contribution in [3.63, 3.8) is 0 Å². The molecule has 0 aliphatic heterocycles. The van der Waals surface area contributed by atoms with E-state index in [0.29, 0.717) is 17.1 Å². The molecule has 0 radical (unpaired) electrons. The Labute approximate surface area is 192 Å². The zero-order valence-corrected chi connectivity index (χ0v) is 19.8. The molecule has 32 heavy (non-hydrogen) atoms. The molecule has 2 N–H and O–H groups in total. The van der Waals surface area contributed by atoms with Crippen LogP contribution in [0.4, 0.5) is 4.79 Å². The number of rotatable bonds is 4. The normalized spacial score (nSPS) is 20.2. The number of aryl methyl sites for hydroxylation is 1. The van der Waals surface area contributed by atoms with Crippen molar-refractivity contribution in [2.24, 2.45) is 0 Å². The fourth-order valence-corrected chi connectivity index (χ4v) is 5.01. The Balaban J connectivity index is 1.58. The lowest BCUT2D eigenvalue weighted by atomic mass is 9.89. The van der Waals surface area contributed by atoms with E-state index in [1.54, 1.807) is 6.20 Å². The topological polar surface area (TPSA) is 106 Å². The summed E-state index contributed by atoms with van der Waals surface area (Å²) in [5, 5.41) is 13.5. The van der Waals surface area contributed by atoms with Crippen LogP contribution in [0, 0.1) is 0 Å². The fraction of sp³-hybridized carbons (Fsp3) is 0.565. The summed E-state index contributed by atoms with van der Waals surface area (Å²) in [4.78, 5) is 33.3. The maximum absolute atomic E-state index is 12.1. The van der Waals surface area contributed by atoms with E-state index in [2.05, 4.69) is 14.9 Å². The molecule has 2 aromatic rings. The average Bonchev–Trinajstić information content (AvgIpc) is 3.13. The smallest absolute Gasteiger partial charge is 0.407 e. The largest absolute Gasteiger partial charge is 0.478 e. The van der Waals surface area contributed by atoms with Crippen molar-refractivity contribution in [3.8, 4) is 11.4 Å². The summed E-state index contributed by atoms with van der Waals surface area (Å²) in [7, 11) is 0. The predicted octanol–water partition coefficient (Wildman–Crippen LogP) is 4.47. The Morgan fingerprint density at radius 2 is 1.94 bits per heavy atom. The Morgan fingerprint density at radius 3 is 2.56 bits per heavy atom. The van der Waals surface area contributed by atoms with E-state index in [9.17, 15) is 14.7 Å². The molecule has 1 amide bonds. The Kier molecular flexibility index (Phi) is 6.20. The third-order valence-electron chi connectivity index (χ3n) is 6.07. The van der Waals surface area contributed by atoms with Crippen LogP contribution in [0.3, 0.4) is 0 Å². The van der Waals surface area contributed by atoms with Gasteiger partial charge in [0.15, 0.2) is 5.16 Å². The van der Waals surface area contributed by atoms with E-state index in [-0.39, 0.29) is 18.2 Å². The van der Waals surface area contributed by atoms with Crippen LogP contribution in [0.1, 0.15) is 74.0 Å². The van der Waals surface area contributed by atoms with Gasteiger partial charge in [-0.05, 0) is 76.7 Å². The van der Waals surface area contributed by atoms with Gasteiger partial charge in [0.1, 0.15) is 5.60 Å². The Hall–Kier alpha value is -2.55. The number of nitrogens with zero attached hydrogens (tertiary/aromatic N) is 3. The zero-order chi connectivity index (χ0) is 23.0. The van der Waals surface area contributed by atoms with Crippen molar-refractivity contribution < 1.29 is 19.4 Å². The number of fused-ring (bicyclic) bond motifs is 3. The molecule has 2 aliphatic rings. The van der Waals surface area contributed by atoms with E-state index in [1.165, 1.54) is 11.8 Å². The molecule has 0 unspecified atom stereocenters. The van der Waals surface area contributed by atoms with E-state index in [1.807, 2.05) is 33.2 Å². The van der Waals surface area contributed by atoms with Gasteiger partial charge in [0.05, 0.1) is 17.0 Å². The van der Waals surface area contributed by atoms with Crippen molar-refractivity contribution in [2.45, 2.75) is 82.1 Å². The number of aromatic carboxylic acids is 1. The first-order chi connectivity index (χ1) is 15.2. The number of carboxylic acids is 1. The minimum absolute atomic E-state index is 0.0594. The third-order valence-corrected chi connectivity index (χ3v) is 6.63. The number of amides is 1. The highest BCUT2D eigenvalue weighted by Gasteiger charge is 2.32. The quantitative estimate of drug-likeness (QED) is 0.514. The van der Waals surface area contributed by atoms with Gasteiger partial charge in [0.25, 0.3) is 0 Å². The Bertz CT molecular complexity index is 1040. The summed E-state index contributed by atoms with van der Waals surface area (Å²) in [5.74, 6) is -0.900. The first kappa shape index (κ1) is 22.6. The number of hydrogen-bond donors (Lipinski definition) is 2. The van der Waals surface area contributed by atoms with Crippen LogP contribution in [-0.4, -0.2) is 49.6 Å². The summed E-state index contributed by atoms with van der Waals surface area (Å²) >= 11 is 1.48. The molecule has 0 atom stereocenters. The predicted molar refractivity (Wildman–Crippen MR) is 122 cm³/mol. The molecular formula is C23H30N4O4S. The molecule has 172 valence electrons. The summed E-state index contributed by atoms with van der Waals surface area (Å²) < 4.78 is 7.50. The molecule has 1 fully saturated rings. The lowest BCUT2D eigenvalue weighted by molar-refractivity contribution is 0.0487. The molecule has 0 spiro atoms. The number of thioether (sulfide) groups is 1. The molecule has 2 aromatic heterocycles. The number of hydrogen-bond acceptors (Lipinski definition) is 6. The van der Waals surface area contributed by atoms with Crippen LogP contribution >= 0.6 is 11.8 Å². The van der Waals surface area contributed by atoms with Gasteiger partial charge in [0, 0.05) is 24.5 Å². The van der Waals surface area contributed by atoms with Crippen molar-refractivity contribution in [1.82, 2.24) is 19.9 Å². The van der Waals surface area contributed by atoms with Gasteiger partial charge in [-0.3, -0.25) is 0 Å². The van der Waals surface area contributed by atoms with Gasteiger partial charge >= 0.3 is 12.1 Å². The maximum Gasteiger partial charge on any atom is 0.407 e. The summed E-state index contributed by atoms with van der Waals surface area (Å²) in [6, 6.07) is 0.219. The summed E-state index contributed by atoms with van der Waals surface area (Å²) in [6.45, 7) is 5.55. The monoisotopic (exact) mass is 458 g/mol. The second kappa shape index (κ2) is 8.77. The van der Waals surface area contributed by atoms with Gasteiger partial charge in [0.2, 0.25) is 0 Å². The molecule has 4 rings (SSSR count). The van der Waals surface area contributed by atoms with Crippen molar-refractivity contribution >= 4 is 23.8 Å². The number of aromatic nitrogens is 3. The lowest BCUT2D eigenvalue weighted by Gasteiger charge is -2.32. The molecule has 8 nitrogen and oxygen atoms in total. The Morgan fingerprint density at radius 1 is 1.22 bits per heavy atom. The van der Waals surface area contributed by atoms with Crippen LogP contribution in [0.5, 0.6) is 0 Å². The third kappa shape index (κ3) is 4.62. The number of alkyl carbamates (subject to hydrolysis) is 1. The average molecular weight is 459 g/mol. The highest BCUT2D eigenvalue weighted by Crippen LogP contribution is 2.40. The summed E-state index contributed by atoms with van der Waals surface area (Å²) in [6.07, 6.45) is 9.94. The second-order valence-electron chi connectivity index (χ2n) is 9.46. The molecule has 0 saturated heterocycles. The van der Waals surface area contributed by atoms with E-state index in [4.69, 9.17) is 9.72 Å². The fourth-order valence-electron chi connectivity index (χ4n) is 4.66. The number of carbonyl (C=O) groups is 2. The highest BCUT2D eigenvalue weighted by atomic mass is 32.2. The van der Waals surface area contributed by atoms with Gasteiger partial charge in [-0.25, -0.2) is 19.6 Å². The number of carboxylic acid groups (broad SMARTS) is 1. The number of carbonyl (C=O) groups excluding carboxylic acids is 1. The molecule has 2 heterocycles. The second-order valence-corrected chi connectivity index (χ2v) is 10.2. The first-order valence-corrected chi connectivity index (χ1v) is 12.3. The van der Waals surface area contributed by atoms with Crippen LogP contribution in [-0.2, 0) is 17.6 Å². The first-order valence-electron chi connectivity index (χ1n) is 11.0. The number of nitrogens with one attached hydrogen (secondary N) is 1. The van der Waals surface area contributed by atoms with Crippen LogP contribution in [0.2, 0.25) is 0 Å². The SMILES string of the molecule is CSc1ncc2c(n1)-c1c(c(C(=O)O)cn1C1CCC(NC(=O)OC(C)(C)C)CC1)CC2. The van der Waals surface area contributed by atoms with Crippen LogP contribution in [0.25, 0.3) is 11.4 Å². The van der Waals surface area contributed by atoms with Crippen LogP contribution in [0.15, 0.2) is 17.6 Å². The van der Waals surface area contributed by atoms with Gasteiger partial charge in [-0.1, -0.05) is 11.8 Å². The molecule has 1 saturated carbocycles. The molecule has 0 bridgehead atoms. The van der Waals surface area contributed by atoms with Crippen molar-refractivity contribution in [2.75, 3.05) is 6.26 Å². The van der Waals surface area contributed by atoms with E-state index in [0.717, 1.165) is 54.6 Å². The van der Waals surface area contributed by atoms with Crippen LogP contribution < -0.4 is 5.32 Å². The van der Waals surface area contributed by atoms with Crippen molar-refractivity contribution in [3.05, 3.63) is 29.1 Å². The number of ether oxygens (including phenoxy) is 1. The van der Waals surface area contributed by atoms with Gasteiger partial charge in [-0.15, -0.1) is 0 Å². The molecule has 0 aromatic carbocycles.